The van der Waals surface area contributed by atoms with Gasteiger partial charge < -0.3 is 29.6 Å². The lowest BCUT2D eigenvalue weighted by Gasteiger charge is -2.29. The van der Waals surface area contributed by atoms with Crippen molar-refractivity contribution in [2.24, 2.45) is 0 Å². The maximum atomic E-state index is 12.9. The fraction of sp³-hybridized carbons (Fsp3) is 0.182. The van der Waals surface area contributed by atoms with Gasteiger partial charge >= 0.3 is 5.97 Å². The van der Waals surface area contributed by atoms with Crippen molar-refractivity contribution in [3.63, 3.8) is 0 Å². The Morgan fingerprint density at radius 3 is 2.47 bits per heavy atom. The number of furan rings is 1. The number of nitrogens with one attached hydrogen (secondary N) is 1. The van der Waals surface area contributed by atoms with Crippen LogP contribution in [-0.2, 0) is 4.74 Å². The quantitative estimate of drug-likeness (QED) is 0.593. The summed E-state index contributed by atoms with van der Waals surface area (Å²) in [5.41, 5.74) is 2.35. The molecular weight excluding hydrogens is 388 g/mol. The van der Waals surface area contributed by atoms with E-state index in [0.29, 0.717) is 31.9 Å². The standard InChI is InChI=1S/C22H20N2O6/c25-20-4-2-16(24-6-9-29-10-7-24)12-18(20)21(26)23-19-11-14(15-5-8-30-13-15)1-3-17(19)22(27)28/h1-5,8,11-13,25H,6-7,9-10H2,(H,23,26)(H,27,28). The Morgan fingerprint density at radius 2 is 1.77 bits per heavy atom. The zero-order chi connectivity index (χ0) is 21.1. The highest BCUT2D eigenvalue weighted by atomic mass is 16.5. The first-order valence-corrected chi connectivity index (χ1v) is 9.40. The zero-order valence-corrected chi connectivity index (χ0v) is 16.0. The van der Waals surface area contributed by atoms with E-state index in [1.54, 1.807) is 30.3 Å². The molecule has 1 fully saturated rings. The third kappa shape index (κ3) is 3.99. The van der Waals surface area contributed by atoms with E-state index in [4.69, 9.17) is 9.15 Å². The zero-order valence-electron chi connectivity index (χ0n) is 16.0. The van der Waals surface area contributed by atoms with Gasteiger partial charge in [0.05, 0.1) is 42.6 Å². The second-order valence-corrected chi connectivity index (χ2v) is 6.83. The Balaban J connectivity index is 1.65. The number of carboxylic acids is 1. The number of hydrogen-bond donors (Lipinski definition) is 3. The van der Waals surface area contributed by atoms with Gasteiger partial charge in [0, 0.05) is 24.3 Å². The topological polar surface area (TPSA) is 112 Å². The number of carbonyl (C=O) groups is 2. The summed E-state index contributed by atoms with van der Waals surface area (Å²) in [6.45, 7) is 2.54. The average molecular weight is 408 g/mol. The first kappa shape index (κ1) is 19.5. The molecular formula is C22H20N2O6. The molecule has 2 aromatic carbocycles. The van der Waals surface area contributed by atoms with Crippen molar-refractivity contribution in [3.05, 3.63) is 66.1 Å². The summed E-state index contributed by atoms with van der Waals surface area (Å²) < 4.78 is 10.4. The summed E-state index contributed by atoms with van der Waals surface area (Å²) in [5, 5.41) is 22.4. The van der Waals surface area contributed by atoms with Crippen LogP contribution in [-0.4, -0.2) is 48.4 Å². The molecule has 1 aromatic heterocycles. The Bertz CT molecular complexity index is 1070. The molecule has 3 N–H and O–H groups in total. The third-order valence-electron chi connectivity index (χ3n) is 4.95. The van der Waals surface area contributed by atoms with Gasteiger partial charge in [-0.25, -0.2) is 4.79 Å². The second kappa shape index (κ2) is 8.30. The molecule has 1 aliphatic heterocycles. The number of carbonyl (C=O) groups excluding carboxylic acids is 1. The number of aromatic hydroxyl groups is 1. The number of benzene rings is 2. The number of carboxylic acid groups (broad SMARTS) is 1. The van der Waals surface area contributed by atoms with E-state index in [-0.39, 0.29) is 22.6 Å². The Morgan fingerprint density at radius 1 is 0.967 bits per heavy atom. The number of phenols is 1. The number of amides is 1. The predicted molar refractivity (Wildman–Crippen MR) is 110 cm³/mol. The van der Waals surface area contributed by atoms with Crippen molar-refractivity contribution in [2.75, 3.05) is 36.5 Å². The minimum absolute atomic E-state index is 0.0561. The third-order valence-corrected chi connectivity index (χ3v) is 4.95. The number of ether oxygens (including phenoxy) is 1. The molecule has 1 amide bonds. The van der Waals surface area contributed by atoms with Crippen LogP contribution in [0.25, 0.3) is 11.1 Å². The molecule has 1 saturated heterocycles. The Kier molecular flexibility index (Phi) is 5.40. The van der Waals surface area contributed by atoms with Crippen LogP contribution in [0.4, 0.5) is 11.4 Å². The number of nitrogens with zero attached hydrogens (tertiary/aromatic N) is 1. The van der Waals surface area contributed by atoms with Crippen molar-refractivity contribution >= 4 is 23.3 Å². The van der Waals surface area contributed by atoms with E-state index in [0.717, 1.165) is 11.3 Å². The Labute approximate surface area is 172 Å². The van der Waals surface area contributed by atoms with Crippen molar-refractivity contribution in [1.29, 1.82) is 0 Å². The van der Waals surface area contributed by atoms with Gasteiger partial charge in [0.25, 0.3) is 5.91 Å². The fourth-order valence-electron chi connectivity index (χ4n) is 3.36. The minimum Gasteiger partial charge on any atom is -0.507 e. The van der Waals surface area contributed by atoms with Gasteiger partial charge in [0.1, 0.15) is 5.75 Å². The molecule has 4 rings (SSSR count). The molecule has 0 aliphatic carbocycles. The molecule has 0 unspecified atom stereocenters. The van der Waals surface area contributed by atoms with Crippen LogP contribution < -0.4 is 10.2 Å². The van der Waals surface area contributed by atoms with Gasteiger partial charge in [-0.3, -0.25) is 4.79 Å². The maximum absolute atomic E-state index is 12.9. The van der Waals surface area contributed by atoms with E-state index in [9.17, 15) is 19.8 Å². The van der Waals surface area contributed by atoms with Gasteiger partial charge in [0.15, 0.2) is 0 Å². The molecule has 8 nitrogen and oxygen atoms in total. The Hall–Kier alpha value is -3.78. The number of phenolic OH excluding ortho intramolecular Hbond substituents is 1. The minimum atomic E-state index is -1.17. The molecule has 0 bridgehead atoms. The fourth-order valence-corrected chi connectivity index (χ4v) is 3.36. The van der Waals surface area contributed by atoms with E-state index in [1.165, 1.54) is 24.7 Å². The lowest BCUT2D eigenvalue weighted by Crippen LogP contribution is -2.36. The summed E-state index contributed by atoms with van der Waals surface area (Å²) in [4.78, 5) is 26.6. The van der Waals surface area contributed by atoms with Crippen LogP contribution in [0.2, 0.25) is 0 Å². The summed E-state index contributed by atoms with van der Waals surface area (Å²) in [6, 6.07) is 11.1. The summed E-state index contributed by atoms with van der Waals surface area (Å²) in [5.74, 6) is -1.96. The first-order chi connectivity index (χ1) is 14.5. The smallest absolute Gasteiger partial charge is 0.337 e. The highest BCUT2D eigenvalue weighted by Gasteiger charge is 2.19. The molecule has 0 spiro atoms. The van der Waals surface area contributed by atoms with Crippen molar-refractivity contribution in [2.45, 2.75) is 0 Å². The normalized spacial score (nSPS) is 13.8. The highest BCUT2D eigenvalue weighted by Crippen LogP contribution is 2.29. The van der Waals surface area contributed by atoms with Crippen LogP contribution in [0.1, 0.15) is 20.7 Å². The predicted octanol–water partition coefficient (Wildman–Crippen LogP) is 3.44. The summed E-state index contributed by atoms with van der Waals surface area (Å²) in [6.07, 6.45) is 3.03. The van der Waals surface area contributed by atoms with E-state index >= 15 is 0 Å². The van der Waals surface area contributed by atoms with Gasteiger partial charge in [-0.15, -0.1) is 0 Å². The monoisotopic (exact) mass is 408 g/mol. The van der Waals surface area contributed by atoms with Crippen molar-refractivity contribution in [1.82, 2.24) is 0 Å². The van der Waals surface area contributed by atoms with E-state index < -0.39 is 11.9 Å². The maximum Gasteiger partial charge on any atom is 0.337 e. The number of aromatic carboxylic acids is 1. The molecule has 2 heterocycles. The largest absolute Gasteiger partial charge is 0.507 e. The molecule has 0 saturated carbocycles. The SMILES string of the molecule is O=C(Nc1cc(-c2ccoc2)ccc1C(=O)O)c1cc(N2CCOCC2)ccc1O. The molecule has 1 aliphatic rings. The van der Waals surface area contributed by atoms with E-state index in [2.05, 4.69) is 10.2 Å². The van der Waals surface area contributed by atoms with Crippen LogP contribution in [0.5, 0.6) is 5.75 Å². The van der Waals surface area contributed by atoms with Crippen LogP contribution in [0, 0.1) is 0 Å². The highest BCUT2D eigenvalue weighted by molar-refractivity contribution is 6.10. The lowest BCUT2D eigenvalue weighted by molar-refractivity contribution is 0.0698. The molecule has 154 valence electrons. The molecule has 0 radical (unpaired) electrons. The molecule has 0 atom stereocenters. The average Bonchev–Trinajstić information content (AvgIpc) is 3.29. The molecule has 30 heavy (non-hydrogen) atoms. The summed E-state index contributed by atoms with van der Waals surface area (Å²) in [7, 11) is 0. The van der Waals surface area contributed by atoms with Crippen molar-refractivity contribution in [3.8, 4) is 16.9 Å². The summed E-state index contributed by atoms with van der Waals surface area (Å²) >= 11 is 0. The number of hydrogen-bond acceptors (Lipinski definition) is 6. The number of morpholine rings is 1. The number of anilines is 2. The van der Waals surface area contributed by atoms with Crippen LogP contribution in [0.3, 0.4) is 0 Å². The van der Waals surface area contributed by atoms with Gasteiger partial charge in [-0.05, 0) is 42.0 Å². The molecule has 8 heteroatoms. The number of rotatable bonds is 5. The van der Waals surface area contributed by atoms with E-state index in [1.807, 2.05) is 0 Å². The van der Waals surface area contributed by atoms with Crippen LogP contribution in [0.15, 0.2) is 59.4 Å². The second-order valence-electron chi connectivity index (χ2n) is 6.83. The van der Waals surface area contributed by atoms with Gasteiger partial charge in [-0.1, -0.05) is 6.07 Å². The van der Waals surface area contributed by atoms with Crippen LogP contribution >= 0.6 is 0 Å². The van der Waals surface area contributed by atoms with Gasteiger partial charge in [0.2, 0.25) is 0 Å². The first-order valence-electron chi connectivity index (χ1n) is 9.40. The lowest BCUT2D eigenvalue weighted by atomic mass is 10.0. The van der Waals surface area contributed by atoms with Gasteiger partial charge in [-0.2, -0.15) is 0 Å². The van der Waals surface area contributed by atoms with Crippen molar-refractivity contribution < 1.29 is 29.0 Å². The molecule has 3 aromatic rings.